The predicted molar refractivity (Wildman–Crippen MR) is 134 cm³/mol. The molecule has 0 saturated carbocycles. The van der Waals surface area contributed by atoms with Crippen LogP contribution in [-0.2, 0) is 0 Å². The molecule has 0 fully saturated rings. The second-order valence-corrected chi connectivity index (χ2v) is 8.52. The van der Waals surface area contributed by atoms with Gasteiger partial charge in [-0.3, -0.25) is 20.2 Å². The fourth-order valence-corrected chi connectivity index (χ4v) is 3.91. The Hall–Kier alpha value is -5.04. The summed E-state index contributed by atoms with van der Waals surface area (Å²) in [6.45, 7) is 1.83. The minimum atomic E-state index is -1.30. The van der Waals surface area contributed by atoms with E-state index in [4.69, 9.17) is 14.3 Å². The highest BCUT2D eigenvalue weighted by Gasteiger charge is 2.20. The van der Waals surface area contributed by atoms with Crippen LogP contribution in [0.2, 0.25) is 0 Å². The van der Waals surface area contributed by atoms with E-state index in [9.17, 15) is 19.2 Å². The fraction of sp³-hybridized carbons (Fsp3) is 0.0833. The molecular formula is C24H19N5O7S. The van der Waals surface area contributed by atoms with Crippen LogP contribution in [0.4, 0.5) is 21.6 Å². The zero-order valence-electron chi connectivity index (χ0n) is 19.4. The maximum atomic E-state index is 13.3. The third-order valence-electron chi connectivity index (χ3n) is 4.91. The molecule has 0 saturated heterocycles. The Labute approximate surface area is 213 Å². The number of para-hydroxylation sites is 1. The van der Waals surface area contributed by atoms with Crippen molar-refractivity contribution in [2.75, 3.05) is 23.1 Å². The number of aryl methyl sites for hydroxylation is 1. The van der Waals surface area contributed by atoms with Gasteiger partial charge in [-0.05, 0) is 31.2 Å². The van der Waals surface area contributed by atoms with Gasteiger partial charge in [0.05, 0.1) is 24.6 Å². The molecule has 37 heavy (non-hydrogen) atoms. The summed E-state index contributed by atoms with van der Waals surface area (Å²) < 4.78 is 10.2. The van der Waals surface area contributed by atoms with E-state index < -0.39 is 17.9 Å². The van der Waals surface area contributed by atoms with Gasteiger partial charge in [0, 0.05) is 5.56 Å². The van der Waals surface area contributed by atoms with Crippen molar-refractivity contribution in [3.63, 3.8) is 0 Å². The number of aromatic carboxylic acids is 1. The van der Waals surface area contributed by atoms with Crippen molar-refractivity contribution in [3.05, 3.63) is 82.2 Å². The second kappa shape index (κ2) is 10.7. The van der Waals surface area contributed by atoms with Crippen LogP contribution >= 0.6 is 11.3 Å². The third-order valence-corrected chi connectivity index (χ3v) is 5.82. The first-order chi connectivity index (χ1) is 17.7. The normalized spacial score (nSPS) is 10.4. The quantitative estimate of drug-likeness (QED) is 0.247. The number of ether oxygens (including phenoxy) is 1. The summed E-state index contributed by atoms with van der Waals surface area (Å²) in [5, 5.41) is 16.4. The van der Waals surface area contributed by atoms with Gasteiger partial charge in [-0.1, -0.05) is 35.1 Å². The Kier molecular flexibility index (Phi) is 7.25. The lowest BCUT2D eigenvalue weighted by molar-refractivity contribution is 0.0690. The number of amides is 3. The molecule has 13 heteroatoms. The highest BCUT2D eigenvalue weighted by molar-refractivity contribution is 7.17. The van der Waals surface area contributed by atoms with Crippen molar-refractivity contribution in [3.8, 4) is 5.75 Å². The highest BCUT2D eigenvalue weighted by Crippen LogP contribution is 2.27. The first kappa shape index (κ1) is 25.1. The number of aromatic nitrogens is 2. The van der Waals surface area contributed by atoms with Gasteiger partial charge in [-0.25, -0.2) is 14.6 Å². The average Bonchev–Trinajstić information content (AvgIpc) is 3.54. The molecule has 0 radical (unpaired) electrons. The summed E-state index contributed by atoms with van der Waals surface area (Å²) in [7, 11) is 1.47. The van der Waals surface area contributed by atoms with Gasteiger partial charge < -0.3 is 19.6 Å². The number of carboxylic acid groups (broad SMARTS) is 1. The molecule has 4 N–H and O–H groups in total. The SMILES string of the molecule is COc1ccccc1C(=O)c1cc(C)ccc1NC(=O)Nc1ncc(C(=O)Nc2nc(C(=O)O)co2)s1. The summed E-state index contributed by atoms with van der Waals surface area (Å²) in [6, 6.07) is 10.8. The molecule has 12 nitrogen and oxygen atoms in total. The van der Waals surface area contributed by atoms with Crippen LogP contribution in [0.5, 0.6) is 5.75 Å². The summed E-state index contributed by atoms with van der Waals surface area (Å²) in [5.74, 6) is -1.89. The number of nitrogens with zero attached hydrogens (tertiary/aromatic N) is 2. The summed E-state index contributed by atoms with van der Waals surface area (Å²) in [4.78, 5) is 56.9. The van der Waals surface area contributed by atoms with Crippen molar-refractivity contribution in [2.24, 2.45) is 0 Å². The van der Waals surface area contributed by atoms with E-state index in [1.54, 1.807) is 42.5 Å². The zero-order chi connectivity index (χ0) is 26.5. The van der Waals surface area contributed by atoms with Crippen molar-refractivity contribution in [1.82, 2.24) is 9.97 Å². The van der Waals surface area contributed by atoms with Crippen molar-refractivity contribution >= 4 is 51.9 Å². The molecule has 0 spiro atoms. The number of urea groups is 1. The minimum absolute atomic E-state index is 0.103. The number of oxazole rings is 1. The largest absolute Gasteiger partial charge is 0.496 e. The van der Waals surface area contributed by atoms with Crippen molar-refractivity contribution in [2.45, 2.75) is 6.92 Å². The van der Waals surface area contributed by atoms with Gasteiger partial charge in [0.15, 0.2) is 16.6 Å². The molecule has 3 amide bonds. The first-order valence-corrected chi connectivity index (χ1v) is 11.4. The molecule has 4 aromatic rings. The van der Waals surface area contributed by atoms with E-state index >= 15 is 0 Å². The Balaban J connectivity index is 1.45. The van der Waals surface area contributed by atoms with E-state index in [1.807, 2.05) is 6.92 Å². The van der Waals surface area contributed by atoms with Crippen LogP contribution in [0.25, 0.3) is 0 Å². The number of ketones is 1. The van der Waals surface area contributed by atoms with Gasteiger partial charge in [0.1, 0.15) is 16.9 Å². The molecule has 2 aromatic carbocycles. The first-order valence-electron chi connectivity index (χ1n) is 10.6. The Morgan fingerprint density at radius 1 is 1.03 bits per heavy atom. The van der Waals surface area contributed by atoms with E-state index in [-0.39, 0.29) is 38.8 Å². The standard InChI is InChI=1S/C24H19N5O7S/c1-12-7-8-15(14(9-12)19(30)13-5-3-4-6-17(13)35-2)26-22(34)29-24-25-10-18(37-24)20(31)28-23-27-16(11-36-23)21(32)33/h3-11H,1-2H3,(H,32,33)(H,27,28,31)(H2,25,26,29,34). The number of hydrogen-bond acceptors (Lipinski definition) is 9. The number of benzene rings is 2. The number of carboxylic acids is 1. The summed E-state index contributed by atoms with van der Waals surface area (Å²) in [6.07, 6.45) is 2.11. The number of anilines is 3. The van der Waals surface area contributed by atoms with Crippen LogP contribution in [0.3, 0.4) is 0 Å². The van der Waals surface area contributed by atoms with E-state index in [2.05, 4.69) is 25.9 Å². The smallest absolute Gasteiger partial charge is 0.357 e. The predicted octanol–water partition coefficient (Wildman–Crippen LogP) is 4.27. The van der Waals surface area contributed by atoms with E-state index in [1.165, 1.54) is 13.3 Å². The summed E-state index contributed by atoms with van der Waals surface area (Å²) in [5.41, 5.74) is 1.34. The average molecular weight is 522 g/mol. The molecule has 4 rings (SSSR count). The molecule has 2 aromatic heterocycles. The van der Waals surface area contributed by atoms with E-state index in [0.717, 1.165) is 23.2 Å². The fourth-order valence-electron chi connectivity index (χ4n) is 3.21. The molecule has 188 valence electrons. The second-order valence-electron chi connectivity index (χ2n) is 7.48. The van der Waals surface area contributed by atoms with Crippen LogP contribution in [0, 0.1) is 6.92 Å². The topological polar surface area (TPSA) is 173 Å². The molecule has 2 heterocycles. The molecule has 0 unspecified atom stereocenters. The molecule has 0 aliphatic rings. The molecule has 0 bridgehead atoms. The number of methoxy groups -OCH3 is 1. The minimum Gasteiger partial charge on any atom is -0.496 e. The van der Waals surface area contributed by atoms with Crippen LogP contribution in [-0.4, -0.2) is 45.9 Å². The number of nitrogens with one attached hydrogen (secondary N) is 3. The Bertz CT molecular complexity index is 1510. The van der Waals surface area contributed by atoms with Crippen LogP contribution in [0.15, 0.2) is 59.3 Å². The van der Waals surface area contributed by atoms with Crippen LogP contribution < -0.4 is 20.7 Å². The van der Waals surface area contributed by atoms with Gasteiger partial charge >= 0.3 is 18.0 Å². The summed E-state index contributed by atoms with van der Waals surface area (Å²) >= 11 is 0.863. The number of rotatable bonds is 8. The van der Waals surface area contributed by atoms with Gasteiger partial charge in [-0.2, -0.15) is 4.98 Å². The van der Waals surface area contributed by atoms with Crippen molar-refractivity contribution in [1.29, 1.82) is 0 Å². The highest BCUT2D eigenvalue weighted by atomic mass is 32.1. The molecule has 0 aliphatic heterocycles. The lowest BCUT2D eigenvalue weighted by Crippen LogP contribution is -2.21. The molecule has 0 atom stereocenters. The number of carbonyl (C=O) groups excluding carboxylic acids is 3. The zero-order valence-corrected chi connectivity index (χ0v) is 20.2. The molecular weight excluding hydrogens is 502 g/mol. The lowest BCUT2D eigenvalue weighted by Gasteiger charge is -2.13. The lowest BCUT2D eigenvalue weighted by atomic mass is 9.99. The number of thiazole rings is 1. The van der Waals surface area contributed by atoms with Crippen LogP contribution in [0.1, 0.15) is 41.6 Å². The number of hydrogen-bond donors (Lipinski definition) is 4. The third kappa shape index (κ3) is 5.79. The van der Waals surface area contributed by atoms with E-state index in [0.29, 0.717) is 11.3 Å². The van der Waals surface area contributed by atoms with Gasteiger partial charge in [-0.15, -0.1) is 0 Å². The molecule has 0 aliphatic carbocycles. The Morgan fingerprint density at radius 3 is 2.54 bits per heavy atom. The Morgan fingerprint density at radius 2 is 1.81 bits per heavy atom. The maximum absolute atomic E-state index is 13.3. The maximum Gasteiger partial charge on any atom is 0.357 e. The monoisotopic (exact) mass is 521 g/mol. The van der Waals surface area contributed by atoms with Crippen molar-refractivity contribution < 1.29 is 33.4 Å². The van der Waals surface area contributed by atoms with Gasteiger partial charge in [0.2, 0.25) is 0 Å². The van der Waals surface area contributed by atoms with Gasteiger partial charge in [0.25, 0.3) is 5.91 Å². The number of carbonyl (C=O) groups is 4.